The van der Waals surface area contributed by atoms with E-state index in [9.17, 15) is 4.79 Å². The van der Waals surface area contributed by atoms with Crippen LogP contribution in [0.3, 0.4) is 0 Å². The first-order valence-electron chi connectivity index (χ1n) is 6.57. The number of benzene rings is 1. The smallest absolute Gasteiger partial charge is 0.258 e. The lowest BCUT2D eigenvalue weighted by molar-refractivity contribution is -0.124. The first kappa shape index (κ1) is 15.3. The van der Waals surface area contributed by atoms with Crippen LogP contribution in [0.15, 0.2) is 24.3 Å². The Hall–Kier alpha value is -1.71. The first-order valence-corrected chi connectivity index (χ1v) is 6.57. The van der Waals surface area contributed by atoms with Crippen molar-refractivity contribution in [1.29, 1.82) is 0 Å². The van der Waals surface area contributed by atoms with Crippen LogP contribution in [-0.2, 0) is 4.79 Å². The molecule has 1 aromatic rings. The molecule has 106 valence electrons. The van der Waals surface area contributed by atoms with Crippen LogP contribution in [0.1, 0.15) is 34.1 Å². The zero-order chi connectivity index (χ0) is 14.3. The van der Waals surface area contributed by atoms with Crippen molar-refractivity contribution in [3.8, 4) is 11.5 Å². The summed E-state index contributed by atoms with van der Waals surface area (Å²) < 4.78 is 10.9. The maximum absolute atomic E-state index is 11.6. The van der Waals surface area contributed by atoms with Crippen LogP contribution in [0.25, 0.3) is 0 Å². The highest BCUT2D eigenvalue weighted by molar-refractivity contribution is 5.78. The molecule has 0 bridgehead atoms. The minimum Gasteiger partial charge on any atom is -0.494 e. The molecule has 0 spiro atoms. The van der Waals surface area contributed by atoms with E-state index < -0.39 is 0 Å². The second-order valence-corrected chi connectivity index (χ2v) is 5.41. The zero-order valence-corrected chi connectivity index (χ0v) is 12.2. The first-order chi connectivity index (χ1) is 8.90. The fourth-order valence-electron chi connectivity index (χ4n) is 1.46. The molecule has 1 amide bonds. The molecule has 0 aliphatic heterocycles. The molecule has 0 heterocycles. The quantitative estimate of drug-likeness (QED) is 0.860. The Kier molecular flexibility index (Phi) is 5.67. The molecular weight excluding hydrogens is 242 g/mol. The summed E-state index contributed by atoms with van der Waals surface area (Å²) in [5.74, 6) is 1.35. The van der Waals surface area contributed by atoms with Crippen molar-refractivity contribution in [2.75, 3.05) is 13.2 Å². The largest absolute Gasteiger partial charge is 0.494 e. The topological polar surface area (TPSA) is 47.6 Å². The Morgan fingerprint density at radius 2 is 1.63 bits per heavy atom. The molecule has 4 nitrogen and oxygen atoms in total. The summed E-state index contributed by atoms with van der Waals surface area (Å²) in [6.07, 6.45) is 0.977. The SMILES string of the molecule is CCCOc1ccc(OCC(=O)NC(C)(C)C)cc1. The van der Waals surface area contributed by atoms with E-state index in [2.05, 4.69) is 12.2 Å². The Labute approximate surface area is 115 Å². The third kappa shape index (κ3) is 6.70. The van der Waals surface area contributed by atoms with E-state index in [4.69, 9.17) is 9.47 Å². The molecule has 0 aliphatic rings. The van der Waals surface area contributed by atoms with E-state index in [1.165, 1.54) is 0 Å². The van der Waals surface area contributed by atoms with Gasteiger partial charge in [0.1, 0.15) is 11.5 Å². The van der Waals surface area contributed by atoms with E-state index in [-0.39, 0.29) is 18.1 Å². The van der Waals surface area contributed by atoms with Crippen molar-refractivity contribution in [3.63, 3.8) is 0 Å². The summed E-state index contributed by atoms with van der Waals surface area (Å²) >= 11 is 0. The monoisotopic (exact) mass is 265 g/mol. The van der Waals surface area contributed by atoms with E-state index in [0.29, 0.717) is 12.4 Å². The molecule has 0 aromatic heterocycles. The van der Waals surface area contributed by atoms with Gasteiger partial charge in [0.25, 0.3) is 5.91 Å². The maximum Gasteiger partial charge on any atom is 0.258 e. The van der Waals surface area contributed by atoms with Gasteiger partial charge >= 0.3 is 0 Å². The van der Waals surface area contributed by atoms with Crippen molar-refractivity contribution in [3.05, 3.63) is 24.3 Å². The Morgan fingerprint density at radius 3 is 2.11 bits per heavy atom. The van der Waals surface area contributed by atoms with Crippen LogP contribution >= 0.6 is 0 Å². The number of amides is 1. The van der Waals surface area contributed by atoms with Gasteiger partial charge in [-0.15, -0.1) is 0 Å². The predicted molar refractivity (Wildman–Crippen MR) is 75.6 cm³/mol. The minimum absolute atomic E-state index is 0.0203. The van der Waals surface area contributed by atoms with Gasteiger partial charge < -0.3 is 14.8 Å². The average Bonchev–Trinajstić information content (AvgIpc) is 2.33. The molecule has 0 radical (unpaired) electrons. The molecule has 0 fully saturated rings. The predicted octanol–water partition coefficient (Wildman–Crippen LogP) is 2.77. The van der Waals surface area contributed by atoms with Crippen molar-refractivity contribution < 1.29 is 14.3 Å². The summed E-state index contributed by atoms with van der Waals surface area (Å²) in [5.41, 5.74) is -0.238. The van der Waals surface area contributed by atoms with Crippen LogP contribution < -0.4 is 14.8 Å². The number of hydrogen-bond donors (Lipinski definition) is 1. The average molecular weight is 265 g/mol. The van der Waals surface area contributed by atoms with Crippen molar-refractivity contribution in [2.45, 2.75) is 39.7 Å². The maximum atomic E-state index is 11.6. The second kappa shape index (κ2) is 7.02. The Bertz CT molecular complexity index is 393. The van der Waals surface area contributed by atoms with Crippen molar-refractivity contribution >= 4 is 5.91 Å². The minimum atomic E-state index is -0.238. The van der Waals surface area contributed by atoms with Crippen molar-refractivity contribution in [1.82, 2.24) is 5.32 Å². The molecule has 1 aromatic carbocycles. The van der Waals surface area contributed by atoms with Gasteiger partial charge in [0, 0.05) is 5.54 Å². The van der Waals surface area contributed by atoms with Gasteiger partial charge in [-0.3, -0.25) is 4.79 Å². The molecule has 0 unspecified atom stereocenters. The van der Waals surface area contributed by atoms with Crippen LogP contribution in [0.5, 0.6) is 11.5 Å². The summed E-state index contributed by atoms with van der Waals surface area (Å²) in [7, 11) is 0. The van der Waals surface area contributed by atoms with E-state index in [1.807, 2.05) is 32.9 Å². The summed E-state index contributed by atoms with van der Waals surface area (Å²) in [5, 5.41) is 2.84. The van der Waals surface area contributed by atoms with Gasteiger partial charge in [-0.25, -0.2) is 0 Å². The number of rotatable bonds is 6. The molecule has 19 heavy (non-hydrogen) atoms. The summed E-state index contributed by atoms with van der Waals surface area (Å²) in [6.45, 7) is 8.59. The lowest BCUT2D eigenvalue weighted by Crippen LogP contribution is -2.43. The van der Waals surface area contributed by atoms with Gasteiger partial charge in [-0.2, -0.15) is 0 Å². The molecule has 1 N–H and O–H groups in total. The van der Waals surface area contributed by atoms with Crippen LogP contribution in [-0.4, -0.2) is 24.7 Å². The lowest BCUT2D eigenvalue weighted by Gasteiger charge is -2.20. The summed E-state index contributed by atoms with van der Waals surface area (Å²) in [6, 6.07) is 7.28. The second-order valence-electron chi connectivity index (χ2n) is 5.41. The number of carbonyl (C=O) groups is 1. The number of nitrogens with one attached hydrogen (secondary N) is 1. The fourth-order valence-corrected chi connectivity index (χ4v) is 1.46. The standard InChI is InChI=1S/C15H23NO3/c1-5-10-18-12-6-8-13(9-7-12)19-11-14(17)16-15(2,3)4/h6-9H,5,10-11H2,1-4H3,(H,16,17). The molecular formula is C15H23NO3. The van der Waals surface area contributed by atoms with Gasteiger partial charge in [0.2, 0.25) is 0 Å². The molecule has 0 atom stereocenters. The van der Waals surface area contributed by atoms with Crippen LogP contribution in [0.2, 0.25) is 0 Å². The molecule has 0 saturated heterocycles. The molecule has 0 aliphatic carbocycles. The van der Waals surface area contributed by atoms with Gasteiger partial charge in [-0.1, -0.05) is 6.92 Å². The van der Waals surface area contributed by atoms with Gasteiger partial charge in [0.05, 0.1) is 6.61 Å². The normalized spacial score (nSPS) is 10.9. The van der Waals surface area contributed by atoms with Gasteiger partial charge in [-0.05, 0) is 51.5 Å². The van der Waals surface area contributed by atoms with Crippen LogP contribution in [0, 0.1) is 0 Å². The molecule has 4 heteroatoms. The highest BCUT2D eigenvalue weighted by atomic mass is 16.5. The lowest BCUT2D eigenvalue weighted by atomic mass is 10.1. The van der Waals surface area contributed by atoms with Crippen LogP contribution in [0.4, 0.5) is 0 Å². The zero-order valence-electron chi connectivity index (χ0n) is 12.2. The summed E-state index contributed by atoms with van der Waals surface area (Å²) in [4.78, 5) is 11.6. The van der Waals surface area contributed by atoms with E-state index in [1.54, 1.807) is 12.1 Å². The van der Waals surface area contributed by atoms with Crippen molar-refractivity contribution in [2.24, 2.45) is 0 Å². The highest BCUT2D eigenvalue weighted by Crippen LogP contribution is 2.17. The highest BCUT2D eigenvalue weighted by Gasteiger charge is 2.13. The number of hydrogen-bond acceptors (Lipinski definition) is 3. The van der Waals surface area contributed by atoms with E-state index in [0.717, 1.165) is 12.2 Å². The molecule has 0 saturated carbocycles. The van der Waals surface area contributed by atoms with Gasteiger partial charge in [0.15, 0.2) is 6.61 Å². The Morgan fingerprint density at radius 1 is 1.11 bits per heavy atom. The molecule has 1 rings (SSSR count). The Balaban J connectivity index is 2.39. The third-order valence-electron chi connectivity index (χ3n) is 2.18. The third-order valence-corrected chi connectivity index (χ3v) is 2.18. The number of carbonyl (C=O) groups excluding carboxylic acids is 1. The van der Waals surface area contributed by atoms with E-state index >= 15 is 0 Å². The fraction of sp³-hybridized carbons (Fsp3) is 0.533. The number of ether oxygens (including phenoxy) is 2.